The van der Waals surface area contributed by atoms with Gasteiger partial charge in [-0.3, -0.25) is 4.68 Å². The van der Waals surface area contributed by atoms with Gasteiger partial charge in [-0.25, -0.2) is 4.79 Å². The molecule has 4 rings (SSSR count). The molecule has 0 saturated heterocycles. The quantitative estimate of drug-likeness (QED) is 0.774. The largest absolute Gasteiger partial charge is 0.497 e. The van der Waals surface area contributed by atoms with E-state index in [1.807, 2.05) is 54.7 Å². The second-order valence-corrected chi connectivity index (χ2v) is 6.74. The van der Waals surface area contributed by atoms with E-state index in [-0.39, 0.29) is 11.9 Å². The summed E-state index contributed by atoms with van der Waals surface area (Å²) >= 11 is 0. The number of nitrogens with one attached hydrogen (secondary N) is 1. The molecule has 0 saturated carbocycles. The summed E-state index contributed by atoms with van der Waals surface area (Å²) in [7, 11) is 3.53. The Labute approximate surface area is 158 Å². The molecular weight excluding hydrogens is 340 g/mol. The summed E-state index contributed by atoms with van der Waals surface area (Å²) < 4.78 is 6.96. The van der Waals surface area contributed by atoms with Gasteiger partial charge >= 0.3 is 6.03 Å². The Morgan fingerprint density at radius 1 is 1.19 bits per heavy atom. The van der Waals surface area contributed by atoms with E-state index < -0.39 is 0 Å². The van der Waals surface area contributed by atoms with Crippen molar-refractivity contribution in [3.63, 3.8) is 0 Å². The Morgan fingerprint density at radius 3 is 2.67 bits per heavy atom. The van der Waals surface area contributed by atoms with E-state index in [0.717, 1.165) is 17.0 Å². The Bertz CT molecular complexity index is 949. The standard InChI is InChI=1S/C21H22N4O2/c1-24-12-16(11-22-24)20-14-25(13-15-5-3-4-6-19(15)20)21(26)23-17-7-9-18(27-2)10-8-17/h3-12,20H,13-14H2,1-2H3,(H,23,26). The number of hydrogen-bond acceptors (Lipinski definition) is 3. The highest BCUT2D eigenvalue weighted by atomic mass is 16.5. The topological polar surface area (TPSA) is 59.4 Å². The number of methoxy groups -OCH3 is 1. The molecule has 0 spiro atoms. The van der Waals surface area contributed by atoms with Crippen LogP contribution in [0.25, 0.3) is 0 Å². The Morgan fingerprint density at radius 2 is 1.96 bits per heavy atom. The molecule has 27 heavy (non-hydrogen) atoms. The summed E-state index contributed by atoms with van der Waals surface area (Å²) in [6, 6.07) is 15.5. The van der Waals surface area contributed by atoms with Crippen molar-refractivity contribution in [3.8, 4) is 5.75 Å². The normalized spacial score (nSPS) is 15.9. The summed E-state index contributed by atoms with van der Waals surface area (Å²) in [4.78, 5) is 14.7. The molecule has 138 valence electrons. The van der Waals surface area contributed by atoms with Crippen molar-refractivity contribution in [2.24, 2.45) is 7.05 Å². The zero-order valence-corrected chi connectivity index (χ0v) is 15.4. The van der Waals surface area contributed by atoms with Gasteiger partial charge in [0, 0.05) is 37.9 Å². The minimum absolute atomic E-state index is 0.108. The fraction of sp³-hybridized carbons (Fsp3) is 0.238. The molecule has 1 atom stereocenters. The molecule has 1 aliphatic heterocycles. The van der Waals surface area contributed by atoms with E-state index in [2.05, 4.69) is 28.6 Å². The number of fused-ring (bicyclic) bond motifs is 1. The van der Waals surface area contributed by atoms with Crippen LogP contribution in [0.15, 0.2) is 60.9 Å². The van der Waals surface area contributed by atoms with E-state index in [9.17, 15) is 4.79 Å². The molecule has 3 aromatic rings. The predicted octanol–water partition coefficient (Wildman–Crippen LogP) is 3.61. The van der Waals surface area contributed by atoms with Crippen LogP contribution in [0, 0.1) is 0 Å². The van der Waals surface area contributed by atoms with Gasteiger partial charge in [0.2, 0.25) is 0 Å². The number of aromatic nitrogens is 2. The summed E-state index contributed by atoms with van der Waals surface area (Å²) in [6.07, 6.45) is 3.90. The molecule has 2 amide bonds. The fourth-order valence-electron chi connectivity index (χ4n) is 3.54. The van der Waals surface area contributed by atoms with Gasteiger partial charge in [0.25, 0.3) is 0 Å². The summed E-state index contributed by atoms with van der Waals surface area (Å²) in [6.45, 7) is 1.21. The number of aryl methyl sites for hydroxylation is 1. The first kappa shape index (κ1) is 17.1. The molecule has 1 N–H and O–H groups in total. The molecule has 2 heterocycles. The maximum absolute atomic E-state index is 12.9. The lowest BCUT2D eigenvalue weighted by molar-refractivity contribution is 0.203. The summed E-state index contributed by atoms with van der Waals surface area (Å²) in [5.41, 5.74) is 4.30. The average Bonchev–Trinajstić information content (AvgIpc) is 3.14. The molecule has 1 aliphatic rings. The molecule has 0 fully saturated rings. The van der Waals surface area contributed by atoms with Crippen molar-refractivity contribution in [3.05, 3.63) is 77.6 Å². The lowest BCUT2D eigenvalue weighted by Gasteiger charge is -2.34. The average molecular weight is 362 g/mol. The number of benzene rings is 2. The number of anilines is 1. The van der Waals surface area contributed by atoms with Crippen LogP contribution < -0.4 is 10.1 Å². The number of nitrogens with zero attached hydrogens (tertiary/aromatic N) is 3. The van der Waals surface area contributed by atoms with Crippen molar-refractivity contribution in [2.45, 2.75) is 12.5 Å². The third-order valence-electron chi connectivity index (χ3n) is 4.95. The lowest BCUT2D eigenvalue weighted by atomic mass is 9.86. The molecule has 2 aromatic carbocycles. The molecule has 0 aliphatic carbocycles. The number of amides is 2. The van der Waals surface area contributed by atoms with E-state index in [4.69, 9.17) is 4.74 Å². The number of carbonyl (C=O) groups is 1. The first-order valence-corrected chi connectivity index (χ1v) is 8.90. The van der Waals surface area contributed by atoms with Gasteiger partial charge in [0.1, 0.15) is 5.75 Å². The monoisotopic (exact) mass is 362 g/mol. The van der Waals surface area contributed by atoms with E-state index in [1.165, 1.54) is 11.1 Å². The molecule has 1 unspecified atom stereocenters. The lowest BCUT2D eigenvalue weighted by Crippen LogP contribution is -2.41. The summed E-state index contributed by atoms with van der Waals surface area (Å²) in [5, 5.41) is 7.29. The number of ether oxygens (including phenoxy) is 1. The van der Waals surface area contributed by atoms with E-state index in [1.54, 1.807) is 11.8 Å². The van der Waals surface area contributed by atoms with Gasteiger partial charge in [0.05, 0.1) is 13.3 Å². The van der Waals surface area contributed by atoms with E-state index >= 15 is 0 Å². The number of urea groups is 1. The molecular formula is C21H22N4O2. The number of rotatable bonds is 3. The van der Waals surface area contributed by atoms with Crippen LogP contribution in [0.3, 0.4) is 0 Å². The first-order valence-electron chi connectivity index (χ1n) is 8.90. The van der Waals surface area contributed by atoms with Gasteiger partial charge in [-0.1, -0.05) is 24.3 Å². The molecule has 0 radical (unpaired) electrons. The smallest absolute Gasteiger partial charge is 0.322 e. The Kier molecular flexibility index (Phi) is 4.54. The second-order valence-electron chi connectivity index (χ2n) is 6.74. The van der Waals surface area contributed by atoms with Crippen LogP contribution in [0.2, 0.25) is 0 Å². The molecule has 6 heteroatoms. The van der Waals surface area contributed by atoms with Gasteiger partial charge in [-0.2, -0.15) is 5.10 Å². The van der Waals surface area contributed by atoms with Crippen molar-refractivity contribution in [1.29, 1.82) is 0 Å². The van der Waals surface area contributed by atoms with Crippen molar-refractivity contribution in [2.75, 3.05) is 19.0 Å². The van der Waals surface area contributed by atoms with Gasteiger partial charge in [0.15, 0.2) is 0 Å². The van der Waals surface area contributed by atoms with Crippen LogP contribution >= 0.6 is 0 Å². The second kappa shape index (κ2) is 7.15. The highest BCUT2D eigenvalue weighted by Crippen LogP contribution is 2.33. The van der Waals surface area contributed by atoms with Crippen LogP contribution in [0.1, 0.15) is 22.6 Å². The minimum Gasteiger partial charge on any atom is -0.497 e. The summed E-state index contributed by atoms with van der Waals surface area (Å²) in [5.74, 6) is 0.877. The zero-order chi connectivity index (χ0) is 18.8. The first-order chi connectivity index (χ1) is 13.1. The van der Waals surface area contributed by atoms with Crippen LogP contribution in [0.4, 0.5) is 10.5 Å². The van der Waals surface area contributed by atoms with Crippen LogP contribution in [-0.4, -0.2) is 34.4 Å². The molecule has 6 nitrogen and oxygen atoms in total. The zero-order valence-electron chi connectivity index (χ0n) is 15.4. The highest BCUT2D eigenvalue weighted by Gasteiger charge is 2.29. The predicted molar refractivity (Wildman–Crippen MR) is 104 cm³/mol. The van der Waals surface area contributed by atoms with Crippen LogP contribution in [0.5, 0.6) is 5.75 Å². The van der Waals surface area contributed by atoms with Crippen LogP contribution in [-0.2, 0) is 13.6 Å². The maximum atomic E-state index is 12.9. The third kappa shape index (κ3) is 3.51. The molecule has 1 aromatic heterocycles. The maximum Gasteiger partial charge on any atom is 0.322 e. The number of hydrogen-bond donors (Lipinski definition) is 1. The Hall–Kier alpha value is -3.28. The van der Waals surface area contributed by atoms with Crippen molar-refractivity contribution in [1.82, 2.24) is 14.7 Å². The van der Waals surface area contributed by atoms with Crippen molar-refractivity contribution < 1.29 is 9.53 Å². The highest BCUT2D eigenvalue weighted by molar-refractivity contribution is 5.89. The SMILES string of the molecule is COc1ccc(NC(=O)N2Cc3ccccc3C(c3cnn(C)c3)C2)cc1. The minimum atomic E-state index is -0.108. The molecule has 0 bridgehead atoms. The fourth-order valence-corrected chi connectivity index (χ4v) is 3.54. The third-order valence-corrected chi connectivity index (χ3v) is 4.95. The van der Waals surface area contributed by atoms with Crippen molar-refractivity contribution >= 4 is 11.7 Å². The number of carbonyl (C=O) groups excluding carboxylic acids is 1. The van der Waals surface area contributed by atoms with E-state index in [0.29, 0.717) is 13.1 Å². The Balaban J connectivity index is 1.57. The van der Waals surface area contributed by atoms with Gasteiger partial charge in [-0.05, 0) is 41.0 Å². The van der Waals surface area contributed by atoms with Gasteiger partial charge in [-0.15, -0.1) is 0 Å². The van der Waals surface area contributed by atoms with Gasteiger partial charge < -0.3 is 15.0 Å².